The Morgan fingerprint density at radius 2 is 1.74 bits per heavy atom. The molecule has 7 heteroatoms. The van der Waals surface area contributed by atoms with Gasteiger partial charge in [-0.15, -0.1) is 11.3 Å². The Kier molecular flexibility index (Phi) is 4.29. The number of ketones is 1. The highest BCUT2D eigenvalue weighted by atomic mass is 79.9. The number of benzene rings is 1. The van der Waals surface area contributed by atoms with Crippen LogP contribution in [0.25, 0.3) is 0 Å². The standard InChI is InChI=1S/C12H8Br2O3S2/c1-19(16,17)8-4-2-7(3-5-8)11(15)9-6-10(13)18-12(9)14/h2-6H,1H3. The first kappa shape index (κ1) is 14.9. The number of hydrogen-bond donors (Lipinski definition) is 0. The highest BCUT2D eigenvalue weighted by Gasteiger charge is 2.16. The molecule has 0 atom stereocenters. The molecular weight excluding hydrogens is 416 g/mol. The normalized spacial score (nSPS) is 11.5. The van der Waals surface area contributed by atoms with E-state index in [2.05, 4.69) is 31.9 Å². The topological polar surface area (TPSA) is 51.2 Å². The molecule has 0 saturated carbocycles. The number of thiophene rings is 1. The van der Waals surface area contributed by atoms with E-state index in [0.29, 0.717) is 11.1 Å². The Labute approximate surface area is 131 Å². The average Bonchev–Trinajstić information content (AvgIpc) is 2.66. The molecular formula is C12H8Br2O3S2. The van der Waals surface area contributed by atoms with Gasteiger partial charge >= 0.3 is 0 Å². The fraction of sp³-hybridized carbons (Fsp3) is 0.0833. The summed E-state index contributed by atoms with van der Waals surface area (Å²) in [6.45, 7) is 0. The lowest BCUT2D eigenvalue weighted by Crippen LogP contribution is -2.02. The van der Waals surface area contributed by atoms with Crippen LogP contribution in [-0.4, -0.2) is 20.5 Å². The third-order valence-corrected chi connectivity index (χ3v) is 5.91. The quantitative estimate of drug-likeness (QED) is 0.703. The summed E-state index contributed by atoms with van der Waals surface area (Å²) in [5.41, 5.74) is 1.02. The molecule has 0 N–H and O–H groups in total. The maximum Gasteiger partial charge on any atom is 0.195 e. The van der Waals surface area contributed by atoms with Crippen LogP contribution in [-0.2, 0) is 9.84 Å². The van der Waals surface area contributed by atoms with Gasteiger partial charge in [0.05, 0.1) is 12.5 Å². The molecule has 1 heterocycles. The molecule has 0 saturated heterocycles. The zero-order valence-electron chi connectivity index (χ0n) is 9.68. The summed E-state index contributed by atoms with van der Waals surface area (Å²) in [4.78, 5) is 12.5. The molecule has 0 aliphatic heterocycles. The van der Waals surface area contributed by atoms with Gasteiger partial charge in [0.2, 0.25) is 0 Å². The van der Waals surface area contributed by atoms with E-state index in [4.69, 9.17) is 0 Å². The van der Waals surface area contributed by atoms with Gasteiger partial charge in [0.25, 0.3) is 0 Å². The summed E-state index contributed by atoms with van der Waals surface area (Å²) >= 11 is 8.07. The molecule has 3 nitrogen and oxygen atoms in total. The number of rotatable bonds is 3. The molecule has 0 aliphatic carbocycles. The lowest BCUT2D eigenvalue weighted by molar-refractivity contribution is 0.103. The van der Waals surface area contributed by atoms with Gasteiger partial charge in [0.1, 0.15) is 0 Å². The zero-order valence-corrected chi connectivity index (χ0v) is 14.5. The molecule has 2 rings (SSSR count). The third-order valence-electron chi connectivity index (χ3n) is 2.45. The fourth-order valence-corrected chi connectivity index (χ4v) is 4.93. The van der Waals surface area contributed by atoms with Crippen molar-refractivity contribution in [1.29, 1.82) is 0 Å². The number of carbonyl (C=O) groups excluding carboxylic acids is 1. The summed E-state index contributed by atoms with van der Waals surface area (Å²) in [6.07, 6.45) is 1.14. The van der Waals surface area contributed by atoms with Gasteiger partial charge < -0.3 is 0 Å². The van der Waals surface area contributed by atoms with Crippen molar-refractivity contribution in [2.45, 2.75) is 4.90 Å². The van der Waals surface area contributed by atoms with Crippen molar-refractivity contribution in [2.75, 3.05) is 6.26 Å². The lowest BCUT2D eigenvalue weighted by Gasteiger charge is -2.02. The molecule has 2 aromatic rings. The van der Waals surface area contributed by atoms with E-state index in [9.17, 15) is 13.2 Å². The van der Waals surface area contributed by atoms with E-state index >= 15 is 0 Å². The van der Waals surface area contributed by atoms with Crippen LogP contribution in [0.2, 0.25) is 0 Å². The average molecular weight is 424 g/mol. The predicted octanol–water partition coefficient (Wildman–Crippen LogP) is 3.91. The Bertz CT molecular complexity index is 731. The number of carbonyl (C=O) groups is 1. The second kappa shape index (κ2) is 5.47. The van der Waals surface area contributed by atoms with Crippen molar-refractivity contribution in [3.05, 3.63) is 49.0 Å². The van der Waals surface area contributed by atoms with E-state index in [1.165, 1.54) is 35.6 Å². The van der Waals surface area contributed by atoms with Gasteiger partial charge in [-0.2, -0.15) is 0 Å². The molecule has 0 unspecified atom stereocenters. The second-order valence-corrected chi connectivity index (χ2v) is 9.63. The van der Waals surface area contributed by atoms with Gasteiger partial charge in [0.15, 0.2) is 15.6 Å². The van der Waals surface area contributed by atoms with E-state index in [0.717, 1.165) is 13.8 Å². The van der Waals surface area contributed by atoms with Gasteiger partial charge in [-0.25, -0.2) is 8.42 Å². The summed E-state index contributed by atoms with van der Waals surface area (Å²) in [6, 6.07) is 7.67. The van der Waals surface area contributed by atoms with Crippen LogP contribution < -0.4 is 0 Å². The number of halogens is 2. The molecule has 0 bridgehead atoms. The first-order chi connectivity index (χ1) is 8.79. The molecule has 0 spiro atoms. The Hall–Kier alpha value is -0.500. The Morgan fingerprint density at radius 3 is 2.16 bits per heavy atom. The van der Waals surface area contributed by atoms with Crippen molar-refractivity contribution in [3.8, 4) is 0 Å². The summed E-state index contributed by atoms with van der Waals surface area (Å²) in [5.74, 6) is -0.145. The smallest absolute Gasteiger partial charge is 0.195 e. The van der Waals surface area contributed by atoms with Crippen molar-refractivity contribution in [3.63, 3.8) is 0 Å². The zero-order chi connectivity index (χ0) is 14.2. The van der Waals surface area contributed by atoms with Crippen LogP contribution in [0.5, 0.6) is 0 Å². The molecule has 100 valence electrons. The van der Waals surface area contributed by atoms with Crippen molar-refractivity contribution >= 4 is 58.8 Å². The van der Waals surface area contributed by atoms with Gasteiger partial charge in [-0.05, 0) is 62.2 Å². The van der Waals surface area contributed by atoms with E-state index in [1.54, 1.807) is 6.07 Å². The number of hydrogen-bond acceptors (Lipinski definition) is 4. The van der Waals surface area contributed by atoms with Crippen LogP contribution in [0.1, 0.15) is 15.9 Å². The summed E-state index contributed by atoms with van der Waals surface area (Å²) in [5, 5.41) is 0. The van der Waals surface area contributed by atoms with Crippen LogP contribution in [0.3, 0.4) is 0 Å². The number of sulfone groups is 1. The van der Waals surface area contributed by atoms with Crippen LogP contribution in [0.15, 0.2) is 42.8 Å². The fourth-order valence-electron chi connectivity index (χ4n) is 1.50. The molecule has 19 heavy (non-hydrogen) atoms. The predicted molar refractivity (Wildman–Crippen MR) is 82.7 cm³/mol. The van der Waals surface area contributed by atoms with Crippen molar-refractivity contribution in [1.82, 2.24) is 0 Å². The van der Waals surface area contributed by atoms with Crippen molar-refractivity contribution < 1.29 is 13.2 Å². The van der Waals surface area contributed by atoms with Gasteiger partial charge in [0, 0.05) is 17.4 Å². The molecule has 1 aromatic heterocycles. The third kappa shape index (κ3) is 3.34. The van der Waals surface area contributed by atoms with E-state index < -0.39 is 9.84 Å². The summed E-state index contributed by atoms with van der Waals surface area (Å²) < 4.78 is 24.3. The van der Waals surface area contributed by atoms with Crippen LogP contribution in [0, 0.1) is 0 Å². The largest absolute Gasteiger partial charge is 0.289 e. The molecule has 1 aromatic carbocycles. The molecule has 0 fully saturated rings. The van der Waals surface area contributed by atoms with Gasteiger partial charge in [-0.3, -0.25) is 4.79 Å². The maximum absolute atomic E-state index is 12.2. The monoisotopic (exact) mass is 422 g/mol. The lowest BCUT2D eigenvalue weighted by atomic mass is 10.1. The minimum absolute atomic E-state index is 0.145. The van der Waals surface area contributed by atoms with E-state index in [-0.39, 0.29) is 10.7 Å². The Balaban J connectivity index is 2.38. The SMILES string of the molecule is CS(=O)(=O)c1ccc(C(=O)c2cc(Br)sc2Br)cc1. The highest BCUT2D eigenvalue weighted by Crippen LogP contribution is 2.33. The molecule has 0 radical (unpaired) electrons. The van der Waals surface area contributed by atoms with Crippen LogP contribution >= 0.6 is 43.2 Å². The van der Waals surface area contributed by atoms with Gasteiger partial charge in [-0.1, -0.05) is 0 Å². The van der Waals surface area contributed by atoms with Crippen molar-refractivity contribution in [2.24, 2.45) is 0 Å². The first-order valence-electron chi connectivity index (χ1n) is 5.08. The Morgan fingerprint density at radius 1 is 1.16 bits per heavy atom. The maximum atomic E-state index is 12.2. The molecule has 0 aliphatic rings. The van der Waals surface area contributed by atoms with E-state index in [1.807, 2.05) is 0 Å². The first-order valence-corrected chi connectivity index (χ1v) is 9.38. The second-order valence-electron chi connectivity index (χ2n) is 3.86. The van der Waals surface area contributed by atoms with Crippen LogP contribution in [0.4, 0.5) is 0 Å². The minimum Gasteiger partial charge on any atom is -0.289 e. The highest BCUT2D eigenvalue weighted by molar-refractivity contribution is 9.12. The minimum atomic E-state index is -3.24. The summed E-state index contributed by atoms with van der Waals surface area (Å²) in [7, 11) is -3.24. The molecule has 0 amide bonds.